The highest BCUT2D eigenvalue weighted by Gasteiger charge is 2.34. The molecule has 1 aliphatic heterocycles. The van der Waals surface area contributed by atoms with E-state index < -0.39 is 35.9 Å². The molecule has 6 atom stereocenters. The van der Waals surface area contributed by atoms with E-state index in [1.54, 1.807) is 33.0 Å². The first kappa shape index (κ1) is 34.7. The van der Waals surface area contributed by atoms with Crippen LogP contribution in [-0.2, 0) is 30.3 Å². The molecular formula is C35H43BrN4O6. The van der Waals surface area contributed by atoms with Gasteiger partial charge >= 0.3 is 5.97 Å². The minimum atomic E-state index is -1.01. The number of halogens is 1. The summed E-state index contributed by atoms with van der Waals surface area (Å²) in [6.07, 6.45) is 4.60. The van der Waals surface area contributed by atoms with Crippen LogP contribution < -0.4 is 10.6 Å². The second-order valence-corrected chi connectivity index (χ2v) is 13.1. The van der Waals surface area contributed by atoms with Crippen LogP contribution in [0.3, 0.4) is 0 Å². The van der Waals surface area contributed by atoms with Gasteiger partial charge in [-0.25, -0.2) is 0 Å². The summed E-state index contributed by atoms with van der Waals surface area (Å²) in [4.78, 5) is 58.9. The summed E-state index contributed by atoms with van der Waals surface area (Å²) in [5.74, 6) is -1.93. The number of fused-ring (bicyclic) bond motifs is 1. The summed E-state index contributed by atoms with van der Waals surface area (Å²) in [5, 5.41) is 16.6. The molecule has 3 amide bonds. The minimum Gasteiger partial charge on any atom is -0.508 e. The number of allylic oxidation sites excluding steroid dienone is 2. The highest BCUT2D eigenvalue weighted by atomic mass is 79.9. The number of carbonyl (C=O) groups excluding carboxylic acids is 4. The first-order chi connectivity index (χ1) is 21.8. The summed E-state index contributed by atoms with van der Waals surface area (Å²) in [7, 11) is 1.54. The number of benzene rings is 2. The smallest absolute Gasteiger partial charge is 0.308 e. The van der Waals surface area contributed by atoms with Crippen molar-refractivity contribution in [2.75, 3.05) is 7.05 Å². The molecule has 2 heterocycles. The topological polar surface area (TPSA) is 141 Å². The molecule has 4 N–H and O–H groups in total. The number of phenols is 1. The summed E-state index contributed by atoms with van der Waals surface area (Å²) in [6, 6.07) is 11.2. The number of hydrogen-bond acceptors (Lipinski definition) is 6. The SMILES string of the molecule is CC1C=CCC(C)C(=O)NC(C)C(=O)N(C)C(Cc2c(Br)[nH]c3ccccc23)C(=O)NC(c2ccc(O)cc2)CC(=O)OC(C)C1. The maximum atomic E-state index is 14.2. The molecule has 6 unspecified atom stereocenters. The molecule has 0 fully saturated rings. The van der Waals surface area contributed by atoms with E-state index in [1.807, 2.05) is 50.3 Å². The average Bonchev–Trinajstić information content (AvgIpc) is 3.32. The number of nitrogens with one attached hydrogen (secondary N) is 3. The van der Waals surface area contributed by atoms with Gasteiger partial charge in [-0.05, 0) is 77.9 Å². The lowest BCUT2D eigenvalue weighted by molar-refractivity contribution is -0.149. The number of H-pyrrole nitrogens is 1. The van der Waals surface area contributed by atoms with E-state index in [2.05, 4.69) is 31.5 Å². The van der Waals surface area contributed by atoms with Crippen LogP contribution in [0.15, 0.2) is 65.3 Å². The molecule has 1 aromatic heterocycles. The molecule has 1 aliphatic rings. The molecule has 0 saturated heterocycles. The Morgan fingerprint density at radius 1 is 0.957 bits per heavy atom. The predicted octanol–water partition coefficient (Wildman–Crippen LogP) is 5.31. The fourth-order valence-electron chi connectivity index (χ4n) is 5.78. The lowest BCUT2D eigenvalue weighted by Crippen LogP contribution is -2.55. The van der Waals surface area contributed by atoms with Gasteiger partial charge in [-0.3, -0.25) is 19.2 Å². The van der Waals surface area contributed by atoms with Gasteiger partial charge in [0.1, 0.15) is 17.8 Å². The number of phenolic OH excluding ortho intramolecular Hbond substituents is 1. The van der Waals surface area contributed by atoms with Gasteiger partial charge in [-0.1, -0.05) is 56.3 Å². The molecule has 4 rings (SSSR count). The second-order valence-electron chi connectivity index (χ2n) is 12.3. The molecular weight excluding hydrogens is 652 g/mol. The Morgan fingerprint density at radius 3 is 2.37 bits per heavy atom. The number of hydrogen-bond donors (Lipinski definition) is 4. The third kappa shape index (κ3) is 8.78. The van der Waals surface area contributed by atoms with Crippen LogP contribution >= 0.6 is 15.9 Å². The van der Waals surface area contributed by atoms with Crippen molar-refractivity contribution < 1.29 is 29.0 Å². The number of aromatic nitrogens is 1. The van der Waals surface area contributed by atoms with Crippen LogP contribution in [0.25, 0.3) is 10.9 Å². The number of rotatable bonds is 3. The van der Waals surface area contributed by atoms with E-state index in [1.165, 1.54) is 17.0 Å². The molecule has 2 aromatic carbocycles. The van der Waals surface area contributed by atoms with Gasteiger partial charge in [-0.2, -0.15) is 0 Å². The zero-order valence-corrected chi connectivity index (χ0v) is 28.5. The summed E-state index contributed by atoms with van der Waals surface area (Å²) < 4.78 is 6.43. The van der Waals surface area contributed by atoms with Crippen molar-refractivity contribution in [1.29, 1.82) is 0 Å². The Balaban J connectivity index is 1.73. The Morgan fingerprint density at radius 2 is 1.65 bits per heavy atom. The Kier molecular flexibility index (Phi) is 11.7. The average molecular weight is 696 g/mol. The third-order valence-corrected chi connectivity index (χ3v) is 9.10. The van der Waals surface area contributed by atoms with Crippen molar-refractivity contribution in [2.24, 2.45) is 11.8 Å². The first-order valence-corrected chi connectivity index (χ1v) is 16.4. The van der Waals surface area contributed by atoms with E-state index in [9.17, 15) is 24.3 Å². The van der Waals surface area contributed by atoms with Gasteiger partial charge in [0.25, 0.3) is 0 Å². The van der Waals surface area contributed by atoms with E-state index in [-0.39, 0.29) is 42.4 Å². The highest BCUT2D eigenvalue weighted by Crippen LogP contribution is 2.29. The highest BCUT2D eigenvalue weighted by molar-refractivity contribution is 9.10. The van der Waals surface area contributed by atoms with Crippen LogP contribution in [-0.4, -0.2) is 63.9 Å². The summed E-state index contributed by atoms with van der Waals surface area (Å²) in [6.45, 7) is 7.24. The molecule has 0 aliphatic carbocycles. The number of aromatic amines is 1. The van der Waals surface area contributed by atoms with E-state index in [0.717, 1.165) is 16.5 Å². The number of ether oxygens (including phenoxy) is 1. The van der Waals surface area contributed by atoms with Crippen LogP contribution in [0.4, 0.5) is 0 Å². The van der Waals surface area contributed by atoms with Crippen molar-refractivity contribution in [3.8, 4) is 5.75 Å². The van der Waals surface area contributed by atoms with Gasteiger partial charge in [0.05, 0.1) is 23.2 Å². The van der Waals surface area contributed by atoms with Gasteiger partial charge in [0.15, 0.2) is 0 Å². The molecule has 46 heavy (non-hydrogen) atoms. The maximum absolute atomic E-state index is 14.2. The third-order valence-electron chi connectivity index (χ3n) is 8.43. The number of esters is 1. The molecule has 11 heteroatoms. The normalized spacial score (nSPS) is 26.1. The van der Waals surface area contributed by atoms with Crippen molar-refractivity contribution in [1.82, 2.24) is 20.5 Å². The van der Waals surface area contributed by atoms with E-state index >= 15 is 0 Å². The fraction of sp³-hybridized carbons (Fsp3) is 0.429. The fourth-order valence-corrected chi connectivity index (χ4v) is 6.37. The van der Waals surface area contributed by atoms with E-state index in [4.69, 9.17) is 4.74 Å². The van der Waals surface area contributed by atoms with E-state index in [0.29, 0.717) is 23.0 Å². The number of nitrogens with zero attached hydrogens (tertiary/aromatic N) is 1. The van der Waals surface area contributed by atoms with Crippen molar-refractivity contribution in [2.45, 2.75) is 77.6 Å². The largest absolute Gasteiger partial charge is 0.508 e. The van der Waals surface area contributed by atoms with Crippen LogP contribution in [0.5, 0.6) is 5.75 Å². The van der Waals surface area contributed by atoms with Gasteiger partial charge in [0, 0.05) is 30.3 Å². The molecule has 0 bridgehead atoms. The number of aromatic hydroxyl groups is 1. The second kappa shape index (κ2) is 15.4. The number of likely N-dealkylation sites (N-methyl/N-ethyl adjacent to an activating group) is 1. The Hall–Kier alpha value is -4.12. The number of cyclic esters (lactones) is 1. The van der Waals surface area contributed by atoms with Crippen molar-refractivity contribution in [3.63, 3.8) is 0 Å². The summed E-state index contributed by atoms with van der Waals surface area (Å²) in [5.41, 5.74) is 2.26. The molecule has 246 valence electrons. The number of para-hydroxylation sites is 1. The van der Waals surface area contributed by atoms with Gasteiger partial charge in [-0.15, -0.1) is 0 Å². The Labute approximate surface area is 278 Å². The quantitative estimate of drug-likeness (QED) is 0.216. The van der Waals surface area contributed by atoms with Gasteiger partial charge < -0.3 is 30.4 Å². The van der Waals surface area contributed by atoms with Crippen LogP contribution in [0.1, 0.15) is 64.1 Å². The minimum absolute atomic E-state index is 0.0437. The predicted molar refractivity (Wildman–Crippen MR) is 180 cm³/mol. The van der Waals surface area contributed by atoms with Crippen LogP contribution in [0, 0.1) is 11.8 Å². The zero-order chi connectivity index (χ0) is 33.5. The lowest BCUT2D eigenvalue weighted by Gasteiger charge is -2.31. The molecule has 0 saturated carbocycles. The molecule has 0 spiro atoms. The lowest BCUT2D eigenvalue weighted by atomic mass is 9.99. The van der Waals surface area contributed by atoms with Crippen LogP contribution in [0.2, 0.25) is 0 Å². The van der Waals surface area contributed by atoms with Crippen molar-refractivity contribution >= 4 is 50.5 Å². The zero-order valence-electron chi connectivity index (χ0n) is 26.9. The van der Waals surface area contributed by atoms with Gasteiger partial charge in [0.2, 0.25) is 17.7 Å². The first-order valence-electron chi connectivity index (χ1n) is 15.6. The molecule has 10 nitrogen and oxygen atoms in total. The standard InChI is InChI=1S/C35H43BrN4O6/c1-20-9-8-10-21(2)33(43)37-23(4)35(45)40(5)30(18-27-26-11-6-7-12-28(26)38-32(27)36)34(44)39-29(19-31(42)46-22(3)17-20)24-13-15-25(41)16-14-24/h6-9,11-16,20-23,29-30,38,41H,10,17-19H2,1-5H3,(H,37,43)(H,39,44). The van der Waals surface area contributed by atoms with Crippen molar-refractivity contribution in [3.05, 3.63) is 76.4 Å². The maximum Gasteiger partial charge on any atom is 0.308 e. The number of amides is 3. The molecule has 3 aromatic rings. The Bertz CT molecular complexity index is 1590. The monoisotopic (exact) mass is 694 g/mol. The molecule has 0 radical (unpaired) electrons. The summed E-state index contributed by atoms with van der Waals surface area (Å²) >= 11 is 3.59. The number of carbonyl (C=O) groups is 4.